The van der Waals surface area contributed by atoms with Crippen LogP contribution in [0.5, 0.6) is 5.75 Å². The zero-order valence-corrected chi connectivity index (χ0v) is 11.9. The van der Waals surface area contributed by atoms with E-state index in [-0.39, 0.29) is 0 Å². The van der Waals surface area contributed by atoms with Crippen molar-refractivity contribution in [3.8, 4) is 5.75 Å². The summed E-state index contributed by atoms with van der Waals surface area (Å²) in [7, 11) is 0. The Morgan fingerprint density at radius 1 is 1.47 bits per heavy atom. The Bertz CT molecular complexity index is 489. The first-order chi connectivity index (χ1) is 9.24. The Hall–Kier alpha value is -1.13. The second-order valence-corrected chi connectivity index (χ2v) is 5.86. The number of likely N-dealkylation sites (tertiary alicyclic amines) is 1. The molecule has 0 aromatic heterocycles. The van der Waals surface area contributed by atoms with Crippen molar-refractivity contribution in [3.05, 3.63) is 29.3 Å². The van der Waals surface area contributed by atoms with Gasteiger partial charge in [-0.3, -0.25) is 4.90 Å². The lowest BCUT2D eigenvalue weighted by Gasteiger charge is -2.23. The van der Waals surface area contributed by atoms with E-state index in [9.17, 15) is 0 Å². The highest BCUT2D eigenvalue weighted by Gasteiger charge is 2.26. The molecule has 1 fully saturated rings. The van der Waals surface area contributed by atoms with Crippen molar-refractivity contribution >= 4 is 17.2 Å². The fraction of sp³-hybridized carbons (Fsp3) is 0.533. The first-order valence-electron chi connectivity index (χ1n) is 7.02. The van der Waals surface area contributed by atoms with E-state index in [1.165, 1.54) is 17.5 Å². The highest BCUT2D eigenvalue weighted by atomic mass is 32.1. The summed E-state index contributed by atoms with van der Waals surface area (Å²) in [4.78, 5) is 3.08. The maximum atomic E-state index is 5.80. The summed E-state index contributed by atoms with van der Waals surface area (Å²) in [5, 5.41) is 0. The van der Waals surface area contributed by atoms with Gasteiger partial charge >= 0.3 is 0 Å². The van der Waals surface area contributed by atoms with Crippen LogP contribution in [0.3, 0.4) is 0 Å². The maximum absolute atomic E-state index is 5.80. The van der Waals surface area contributed by atoms with Gasteiger partial charge in [0.25, 0.3) is 0 Å². The highest BCUT2D eigenvalue weighted by molar-refractivity contribution is 7.80. The Labute approximate surface area is 119 Å². The Balaban J connectivity index is 1.61. The van der Waals surface area contributed by atoms with Crippen LogP contribution in [0, 0.1) is 0 Å². The molecular weight excluding hydrogens is 256 g/mol. The maximum Gasteiger partial charge on any atom is 0.122 e. The van der Waals surface area contributed by atoms with E-state index >= 15 is 0 Å². The summed E-state index contributed by atoms with van der Waals surface area (Å²) < 4.78 is 5.54. The van der Waals surface area contributed by atoms with Gasteiger partial charge in [-0.2, -0.15) is 0 Å². The average Bonchev–Trinajstić information content (AvgIpc) is 3.04. The summed E-state index contributed by atoms with van der Waals surface area (Å²) in [6.07, 6.45) is 4.43. The summed E-state index contributed by atoms with van der Waals surface area (Å²) in [6, 6.07) is 6.88. The monoisotopic (exact) mass is 276 g/mol. The fourth-order valence-electron chi connectivity index (χ4n) is 3.08. The summed E-state index contributed by atoms with van der Waals surface area (Å²) in [6.45, 7) is 2.99. The molecule has 0 aliphatic carbocycles. The lowest BCUT2D eigenvalue weighted by atomic mass is 10.1. The normalized spacial score (nSPS) is 22.2. The van der Waals surface area contributed by atoms with Gasteiger partial charge in [0.2, 0.25) is 0 Å². The van der Waals surface area contributed by atoms with E-state index in [2.05, 4.69) is 23.1 Å². The van der Waals surface area contributed by atoms with Gasteiger partial charge < -0.3 is 10.5 Å². The molecule has 0 radical (unpaired) electrons. The highest BCUT2D eigenvalue weighted by Crippen LogP contribution is 2.26. The van der Waals surface area contributed by atoms with Crippen molar-refractivity contribution in [2.24, 2.45) is 5.73 Å². The van der Waals surface area contributed by atoms with Crippen molar-refractivity contribution in [2.75, 3.05) is 19.7 Å². The average molecular weight is 276 g/mol. The Morgan fingerprint density at radius 2 is 2.37 bits per heavy atom. The van der Waals surface area contributed by atoms with E-state index in [0.29, 0.717) is 11.0 Å². The molecule has 2 heterocycles. The van der Waals surface area contributed by atoms with Crippen LogP contribution in [0.25, 0.3) is 0 Å². The molecule has 0 bridgehead atoms. The molecule has 1 aromatic carbocycles. The molecule has 2 aliphatic heterocycles. The largest absolute Gasteiger partial charge is 0.493 e. The van der Waals surface area contributed by atoms with Crippen molar-refractivity contribution in [1.29, 1.82) is 0 Å². The number of nitrogens with zero attached hydrogens (tertiary/aromatic N) is 1. The van der Waals surface area contributed by atoms with Crippen molar-refractivity contribution in [1.82, 2.24) is 4.90 Å². The van der Waals surface area contributed by atoms with Crippen LogP contribution in [-0.4, -0.2) is 35.6 Å². The standard InChI is InChI=1S/C15H20N2OS/c16-15(19)13-2-1-7-17(13)8-5-11-3-4-14-12(10-11)6-9-18-14/h3-4,10,13H,1-2,5-9H2,(H2,16,19). The minimum Gasteiger partial charge on any atom is -0.493 e. The van der Waals surface area contributed by atoms with E-state index in [1.807, 2.05) is 0 Å². The van der Waals surface area contributed by atoms with Crippen LogP contribution in [0.1, 0.15) is 24.0 Å². The molecule has 1 aromatic rings. The smallest absolute Gasteiger partial charge is 0.122 e. The number of benzene rings is 1. The number of ether oxygens (including phenoxy) is 1. The molecule has 0 saturated carbocycles. The molecule has 4 heteroatoms. The van der Waals surface area contributed by atoms with Crippen molar-refractivity contribution < 1.29 is 4.74 Å². The van der Waals surface area contributed by atoms with E-state index in [0.717, 1.165) is 44.7 Å². The van der Waals surface area contributed by atoms with Crippen molar-refractivity contribution in [3.63, 3.8) is 0 Å². The first kappa shape index (κ1) is 12.9. The fourth-order valence-corrected chi connectivity index (χ4v) is 3.35. The van der Waals surface area contributed by atoms with Crippen LogP contribution in [0.15, 0.2) is 18.2 Å². The predicted octanol–water partition coefficient (Wildman–Crippen LogP) is 1.91. The zero-order chi connectivity index (χ0) is 13.2. The van der Waals surface area contributed by atoms with E-state index in [4.69, 9.17) is 22.7 Å². The van der Waals surface area contributed by atoms with Gasteiger partial charge in [0, 0.05) is 13.0 Å². The lowest BCUT2D eigenvalue weighted by molar-refractivity contribution is 0.307. The second-order valence-electron chi connectivity index (χ2n) is 5.39. The summed E-state index contributed by atoms with van der Waals surface area (Å²) in [5.74, 6) is 1.06. The molecule has 19 heavy (non-hydrogen) atoms. The van der Waals surface area contributed by atoms with Crippen LogP contribution in [-0.2, 0) is 12.8 Å². The number of hydrogen-bond donors (Lipinski definition) is 1. The van der Waals surface area contributed by atoms with E-state index in [1.54, 1.807) is 0 Å². The minimum absolute atomic E-state index is 0.313. The number of rotatable bonds is 4. The molecular formula is C15H20N2OS. The van der Waals surface area contributed by atoms with Crippen molar-refractivity contribution in [2.45, 2.75) is 31.7 Å². The quantitative estimate of drug-likeness (QED) is 0.853. The molecule has 102 valence electrons. The van der Waals surface area contributed by atoms with Crippen LogP contribution >= 0.6 is 12.2 Å². The predicted molar refractivity (Wildman–Crippen MR) is 80.7 cm³/mol. The van der Waals surface area contributed by atoms with Gasteiger partial charge in [0.05, 0.1) is 17.6 Å². The molecule has 0 amide bonds. The third kappa shape index (κ3) is 2.74. The number of hydrogen-bond acceptors (Lipinski definition) is 3. The topological polar surface area (TPSA) is 38.5 Å². The number of fused-ring (bicyclic) bond motifs is 1. The molecule has 3 nitrogen and oxygen atoms in total. The van der Waals surface area contributed by atoms with Gasteiger partial charge in [-0.1, -0.05) is 24.4 Å². The van der Waals surface area contributed by atoms with Gasteiger partial charge in [-0.05, 0) is 43.0 Å². The van der Waals surface area contributed by atoms with E-state index < -0.39 is 0 Å². The molecule has 0 spiro atoms. The molecule has 2 N–H and O–H groups in total. The molecule has 2 aliphatic rings. The van der Waals surface area contributed by atoms with Gasteiger partial charge in [0.1, 0.15) is 5.75 Å². The van der Waals surface area contributed by atoms with Gasteiger partial charge in [0.15, 0.2) is 0 Å². The third-order valence-electron chi connectivity index (χ3n) is 4.13. The molecule has 1 unspecified atom stereocenters. The first-order valence-corrected chi connectivity index (χ1v) is 7.43. The second kappa shape index (κ2) is 5.47. The minimum atomic E-state index is 0.313. The zero-order valence-electron chi connectivity index (χ0n) is 11.1. The molecule has 1 atom stereocenters. The Morgan fingerprint density at radius 3 is 3.21 bits per heavy atom. The lowest BCUT2D eigenvalue weighted by Crippen LogP contribution is -2.40. The SMILES string of the molecule is NC(=S)C1CCCN1CCc1ccc2c(c1)CCO2. The third-order valence-corrected chi connectivity index (χ3v) is 4.41. The summed E-state index contributed by atoms with van der Waals surface area (Å²) in [5.41, 5.74) is 8.54. The summed E-state index contributed by atoms with van der Waals surface area (Å²) >= 11 is 5.15. The number of nitrogens with two attached hydrogens (primary N) is 1. The van der Waals surface area contributed by atoms with Gasteiger partial charge in [-0.25, -0.2) is 0 Å². The molecule has 3 rings (SSSR count). The molecule has 1 saturated heterocycles. The number of thiocarbonyl (C=S) groups is 1. The van der Waals surface area contributed by atoms with Crippen LogP contribution < -0.4 is 10.5 Å². The van der Waals surface area contributed by atoms with Crippen LogP contribution in [0.2, 0.25) is 0 Å². The Kier molecular flexibility index (Phi) is 3.71. The van der Waals surface area contributed by atoms with Crippen LogP contribution in [0.4, 0.5) is 0 Å². The van der Waals surface area contributed by atoms with Gasteiger partial charge in [-0.15, -0.1) is 0 Å².